The number of nitrogens with zero attached hydrogens (tertiary/aromatic N) is 3. The Morgan fingerprint density at radius 2 is 2.50 bits per heavy atom. The van der Waals surface area contributed by atoms with Crippen molar-refractivity contribution in [2.45, 2.75) is 19.9 Å². The van der Waals surface area contributed by atoms with Gasteiger partial charge < -0.3 is 4.42 Å². The molecule has 6 heteroatoms. The lowest BCUT2D eigenvalue weighted by atomic mass is 10.4. The third kappa shape index (κ3) is 1.74. The van der Waals surface area contributed by atoms with Crippen LogP contribution in [0.15, 0.2) is 16.9 Å². The van der Waals surface area contributed by atoms with Gasteiger partial charge in [-0.15, -0.1) is 0 Å². The molecule has 0 aliphatic rings. The van der Waals surface area contributed by atoms with E-state index in [1.807, 2.05) is 6.92 Å². The van der Waals surface area contributed by atoms with Crippen molar-refractivity contribution in [3.8, 4) is 0 Å². The summed E-state index contributed by atoms with van der Waals surface area (Å²) in [7, 11) is 0. The topological polar surface area (TPSA) is 59.6 Å². The van der Waals surface area contributed by atoms with E-state index < -0.39 is 0 Å². The average molecular weight is 210 g/mol. The number of H-pyrrole nitrogens is 1. The molecular formula is C8H10N4OS. The Hall–Kier alpha value is -1.43. The summed E-state index contributed by atoms with van der Waals surface area (Å²) in [5, 5.41) is 6.48. The number of hydrogen-bond acceptors (Lipinski definition) is 4. The second-order valence-corrected chi connectivity index (χ2v) is 3.25. The number of oxazole rings is 1. The lowest BCUT2D eigenvalue weighted by molar-refractivity contribution is 0.445. The molecule has 2 heterocycles. The maximum Gasteiger partial charge on any atom is 0.214 e. The molecule has 0 fully saturated rings. The third-order valence-corrected chi connectivity index (χ3v) is 2.20. The molecule has 2 rings (SSSR count). The van der Waals surface area contributed by atoms with Gasteiger partial charge in [0, 0.05) is 6.42 Å². The number of rotatable bonds is 3. The summed E-state index contributed by atoms with van der Waals surface area (Å²) < 4.78 is 7.78. The monoisotopic (exact) mass is 210 g/mol. The zero-order valence-electron chi connectivity index (χ0n) is 7.73. The molecule has 74 valence electrons. The fourth-order valence-electron chi connectivity index (χ4n) is 1.11. The highest BCUT2D eigenvalue weighted by molar-refractivity contribution is 7.71. The minimum Gasteiger partial charge on any atom is -0.444 e. The van der Waals surface area contributed by atoms with Gasteiger partial charge in [0.25, 0.3) is 0 Å². The Labute approximate surface area is 85.8 Å². The SMILES string of the molecule is CCc1cnc(Cn2cn[nH]c2=S)o1. The van der Waals surface area contributed by atoms with E-state index in [1.165, 1.54) is 0 Å². The van der Waals surface area contributed by atoms with Crippen LogP contribution < -0.4 is 0 Å². The van der Waals surface area contributed by atoms with Gasteiger partial charge in [-0.3, -0.25) is 9.67 Å². The number of aromatic amines is 1. The maximum atomic E-state index is 5.44. The second-order valence-electron chi connectivity index (χ2n) is 2.86. The van der Waals surface area contributed by atoms with E-state index in [2.05, 4.69) is 15.2 Å². The Balaban J connectivity index is 2.19. The number of hydrogen-bond donors (Lipinski definition) is 1. The van der Waals surface area contributed by atoms with Crippen molar-refractivity contribution in [2.75, 3.05) is 0 Å². The van der Waals surface area contributed by atoms with E-state index in [0.717, 1.165) is 12.2 Å². The van der Waals surface area contributed by atoms with Crippen LogP contribution in [0.5, 0.6) is 0 Å². The quantitative estimate of drug-likeness (QED) is 0.781. The Bertz CT molecular complexity index is 469. The molecule has 14 heavy (non-hydrogen) atoms. The van der Waals surface area contributed by atoms with Gasteiger partial charge in [-0.05, 0) is 12.2 Å². The van der Waals surface area contributed by atoms with E-state index in [4.69, 9.17) is 16.6 Å². The van der Waals surface area contributed by atoms with Crippen molar-refractivity contribution in [1.29, 1.82) is 0 Å². The summed E-state index contributed by atoms with van der Waals surface area (Å²) >= 11 is 5.00. The predicted molar refractivity (Wildman–Crippen MR) is 52.4 cm³/mol. The number of aryl methyl sites for hydroxylation is 1. The lowest BCUT2D eigenvalue weighted by Gasteiger charge is -1.95. The molecule has 0 aromatic carbocycles. The Morgan fingerprint density at radius 1 is 1.64 bits per heavy atom. The maximum absolute atomic E-state index is 5.44. The van der Waals surface area contributed by atoms with Crippen molar-refractivity contribution in [3.63, 3.8) is 0 Å². The van der Waals surface area contributed by atoms with Gasteiger partial charge in [0.15, 0.2) is 4.77 Å². The molecular weight excluding hydrogens is 200 g/mol. The molecule has 0 saturated heterocycles. The van der Waals surface area contributed by atoms with Gasteiger partial charge in [0.1, 0.15) is 18.6 Å². The largest absolute Gasteiger partial charge is 0.444 e. The van der Waals surface area contributed by atoms with Gasteiger partial charge in [0.2, 0.25) is 5.89 Å². The van der Waals surface area contributed by atoms with Crippen LogP contribution in [0.2, 0.25) is 0 Å². The van der Waals surface area contributed by atoms with Crippen LogP contribution in [-0.4, -0.2) is 19.7 Å². The van der Waals surface area contributed by atoms with Crippen LogP contribution in [0.25, 0.3) is 0 Å². The van der Waals surface area contributed by atoms with Crippen molar-refractivity contribution in [1.82, 2.24) is 19.7 Å². The fraction of sp³-hybridized carbons (Fsp3) is 0.375. The van der Waals surface area contributed by atoms with Crippen LogP contribution in [0, 0.1) is 4.77 Å². The first-order chi connectivity index (χ1) is 6.79. The van der Waals surface area contributed by atoms with Crippen molar-refractivity contribution in [2.24, 2.45) is 0 Å². The standard InChI is InChI=1S/C8H10N4OS/c1-2-6-3-9-7(13-6)4-12-5-10-11-8(12)14/h3,5H,2,4H2,1H3,(H,11,14). The minimum atomic E-state index is 0.523. The van der Waals surface area contributed by atoms with E-state index in [9.17, 15) is 0 Å². The van der Waals surface area contributed by atoms with Crippen LogP contribution in [0.1, 0.15) is 18.6 Å². The summed E-state index contributed by atoms with van der Waals surface area (Å²) in [4.78, 5) is 4.13. The molecule has 0 amide bonds. The van der Waals surface area contributed by atoms with Crippen LogP contribution in [-0.2, 0) is 13.0 Å². The predicted octanol–water partition coefficient (Wildman–Crippen LogP) is 1.54. The van der Waals surface area contributed by atoms with Crippen molar-refractivity contribution in [3.05, 3.63) is 28.9 Å². The van der Waals surface area contributed by atoms with Gasteiger partial charge in [-0.1, -0.05) is 6.92 Å². The van der Waals surface area contributed by atoms with Crippen LogP contribution in [0.3, 0.4) is 0 Å². The first-order valence-corrected chi connectivity index (χ1v) is 4.74. The van der Waals surface area contributed by atoms with Gasteiger partial charge in [-0.25, -0.2) is 4.98 Å². The summed E-state index contributed by atoms with van der Waals surface area (Å²) in [6.07, 6.45) is 4.21. The van der Waals surface area contributed by atoms with Crippen molar-refractivity contribution < 1.29 is 4.42 Å². The van der Waals surface area contributed by atoms with E-state index >= 15 is 0 Å². The van der Waals surface area contributed by atoms with Crippen LogP contribution in [0.4, 0.5) is 0 Å². The lowest BCUT2D eigenvalue weighted by Crippen LogP contribution is -1.97. The Kier molecular flexibility index (Phi) is 2.45. The highest BCUT2D eigenvalue weighted by Gasteiger charge is 2.03. The molecule has 0 radical (unpaired) electrons. The van der Waals surface area contributed by atoms with Gasteiger partial charge >= 0.3 is 0 Å². The minimum absolute atomic E-state index is 0.523. The van der Waals surface area contributed by atoms with E-state index in [-0.39, 0.29) is 0 Å². The number of aromatic nitrogens is 4. The normalized spacial score (nSPS) is 10.6. The Morgan fingerprint density at radius 3 is 3.07 bits per heavy atom. The summed E-state index contributed by atoms with van der Waals surface area (Å²) in [6.45, 7) is 2.54. The van der Waals surface area contributed by atoms with Gasteiger partial charge in [0.05, 0.1) is 6.20 Å². The fourth-order valence-corrected chi connectivity index (χ4v) is 1.28. The summed E-state index contributed by atoms with van der Waals surface area (Å²) in [6, 6.07) is 0. The first kappa shape index (κ1) is 9.14. The van der Waals surface area contributed by atoms with E-state index in [1.54, 1.807) is 17.1 Å². The summed E-state index contributed by atoms with van der Waals surface area (Å²) in [5.74, 6) is 1.54. The molecule has 0 spiro atoms. The molecule has 0 aliphatic carbocycles. The second kappa shape index (κ2) is 3.75. The third-order valence-electron chi connectivity index (χ3n) is 1.87. The molecule has 2 aromatic rings. The van der Waals surface area contributed by atoms with Gasteiger partial charge in [-0.2, -0.15) is 5.10 Å². The van der Waals surface area contributed by atoms with Crippen molar-refractivity contribution >= 4 is 12.2 Å². The molecule has 1 N–H and O–H groups in total. The molecule has 5 nitrogen and oxygen atoms in total. The zero-order valence-corrected chi connectivity index (χ0v) is 8.54. The smallest absolute Gasteiger partial charge is 0.214 e. The molecule has 0 unspecified atom stereocenters. The molecule has 0 atom stereocenters. The highest BCUT2D eigenvalue weighted by atomic mass is 32.1. The molecule has 0 aliphatic heterocycles. The van der Waals surface area contributed by atoms with Crippen LogP contribution >= 0.6 is 12.2 Å². The zero-order chi connectivity index (χ0) is 9.97. The molecule has 2 aromatic heterocycles. The highest BCUT2D eigenvalue weighted by Crippen LogP contribution is 2.05. The number of nitrogens with one attached hydrogen (secondary N) is 1. The average Bonchev–Trinajstić information content (AvgIpc) is 2.77. The van der Waals surface area contributed by atoms with E-state index in [0.29, 0.717) is 17.2 Å². The summed E-state index contributed by atoms with van der Waals surface area (Å²) in [5.41, 5.74) is 0. The molecule has 0 saturated carbocycles. The first-order valence-electron chi connectivity index (χ1n) is 4.33. The molecule has 0 bridgehead atoms.